The van der Waals surface area contributed by atoms with Gasteiger partial charge in [0.25, 0.3) is 0 Å². The minimum atomic E-state index is -3.20. The number of amides is 1. The van der Waals surface area contributed by atoms with E-state index in [2.05, 4.69) is 10.6 Å². The molecule has 0 aromatic rings. The van der Waals surface area contributed by atoms with Crippen LogP contribution in [0.2, 0.25) is 0 Å². The highest BCUT2D eigenvalue weighted by molar-refractivity contribution is 7.91. The summed E-state index contributed by atoms with van der Waals surface area (Å²) < 4.78 is 21.5. The van der Waals surface area contributed by atoms with Gasteiger partial charge < -0.3 is 10.6 Å². The van der Waals surface area contributed by atoms with Gasteiger partial charge in [0.05, 0.1) is 0 Å². The molecular formula is C9H18N2O3S. The van der Waals surface area contributed by atoms with Gasteiger partial charge in [-0.05, 0) is 25.8 Å². The summed E-state index contributed by atoms with van der Waals surface area (Å²) in [6.45, 7) is 1.41. The van der Waals surface area contributed by atoms with Crippen LogP contribution in [0.4, 0.5) is 0 Å². The molecule has 0 saturated heterocycles. The third-order valence-electron chi connectivity index (χ3n) is 2.08. The third kappa shape index (κ3) is 7.33. The third-order valence-corrected chi connectivity index (χ3v) is 2.87. The highest BCUT2D eigenvalue weighted by atomic mass is 32.2. The first-order valence-corrected chi connectivity index (χ1v) is 7.21. The Morgan fingerprint density at radius 2 is 2.00 bits per heavy atom. The average Bonchev–Trinajstić information content (AvgIpc) is 2.83. The van der Waals surface area contributed by atoms with E-state index in [0.717, 1.165) is 19.2 Å². The SMILES string of the molecule is CS(=O)(=O)CC(=O)NCCCNC1CC1. The highest BCUT2D eigenvalue weighted by Crippen LogP contribution is 2.18. The predicted octanol–water partition coefficient (Wildman–Crippen LogP) is -0.711. The lowest BCUT2D eigenvalue weighted by atomic mass is 10.4. The largest absolute Gasteiger partial charge is 0.355 e. The van der Waals surface area contributed by atoms with E-state index in [0.29, 0.717) is 12.6 Å². The lowest BCUT2D eigenvalue weighted by Gasteiger charge is -2.04. The standard InChI is InChI=1S/C9H18N2O3S/c1-15(13,14)7-9(12)11-6-2-5-10-8-3-4-8/h8,10H,2-7H2,1H3,(H,11,12). The first-order valence-electron chi connectivity index (χ1n) is 5.15. The van der Waals surface area contributed by atoms with E-state index in [4.69, 9.17) is 0 Å². The van der Waals surface area contributed by atoms with Crippen LogP contribution in [0, 0.1) is 0 Å². The van der Waals surface area contributed by atoms with Crippen LogP contribution >= 0.6 is 0 Å². The molecule has 88 valence electrons. The molecule has 1 amide bonds. The van der Waals surface area contributed by atoms with Crippen LogP contribution in [0.15, 0.2) is 0 Å². The zero-order valence-electron chi connectivity index (χ0n) is 8.95. The molecule has 0 aliphatic heterocycles. The van der Waals surface area contributed by atoms with Gasteiger partial charge in [0, 0.05) is 18.8 Å². The highest BCUT2D eigenvalue weighted by Gasteiger charge is 2.19. The summed E-state index contributed by atoms with van der Waals surface area (Å²) in [5, 5.41) is 5.88. The summed E-state index contributed by atoms with van der Waals surface area (Å²) in [6.07, 6.45) is 4.40. The smallest absolute Gasteiger partial charge is 0.235 e. The van der Waals surface area contributed by atoms with Crippen molar-refractivity contribution in [1.29, 1.82) is 0 Å². The molecule has 0 aromatic carbocycles. The van der Waals surface area contributed by atoms with Crippen LogP contribution in [0.25, 0.3) is 0 Å². The maximum absolute atomic E-state index is 11.1. The number of hydrogen-bond donors (Lipinski definition) is 2. The number of sulfone groups is 1. The number of rotatable bonds is 7. The number of nitrogens with one attached hydrogen (secondary N) is 2. The Morgan fingerprint density at radius 3 is 2.53 bits per heavy atom. The van der Waals surface area contributed by atoms with E-state index < -0.39 is 21.5 Å². The Morgan fingerprint density at radius 1 is 1.33 bits per heavy atom. The molecule has 0 unspecified atom stereocenters. The van der Waals surface area contributed by atoms with Gasteiger partial charge in [0.1, 0.15) is 5.75 Å². The molecular weight excluding hydrogens is 216 g/mol. The second-order valence-corrected chi connectivity index (χ2v) is 6.14. The van der Waals surface area contributed by atoms with Crippen molar-refractivity contribution in [2.75, 3.05) is 25.1 Å². The second kappa shape index (κ2) is 5.46. The van der Waals surface area contributed by atoms with E-state index >= 15 is 0 Å². The Hall–Kier alpha value is -0.620. The fourth-order valence-electron chi connectivity index (χ4n) is 1.20. The zero-order valence-corrected chi connectivity index (χ0v) is 9.77. The van der Waals surface area contributed by atoms with Crippen molar-refractivity contribution in [3.05, 3.63) is 0 Å². The van der Waals surface area contributed by atoms with Gasteiger partial charge in [-0.2, -0.15) is 0 Å². The van der Waals surface area contributed by atoms with Crippen LogP contribution < -0.4 is 10.6 Å². The number of carbonyl (C=O) groups excluding carboxylic acids is 1. The summed E-state index contributed by atoms with van der Waals surface area (Å²) in [5.74, 6) is -0.827. The Balaban J connectivity index is 1.96. The van der Waals surface area contributed by atoms with Gasteiger partial charge in [-0.25, -0.2) is 8.42 Å². The molecule has 0 aromatic heterocycles. The monoisotopic (exact) mass is 234 g/mol. The quantitative estimate of drug-likeness (QED) is 0.571. The maximum atomic E-state index is 11.1. The van der Waals surface area contributed by atoms with Gasteiger partial charge in [0.15, 0.2) is 9.84 Å². The topological polar surface area (TPSA) is 75.3 Å². The molecule has 1 saturated carbocycles. The van der Waals surface area contributed by atoms with Gasteiger partial charge >= 0.3 is 0 Å². The molecule has 15 heavy (non-hydrogen) atoms. The molecule has 6 heteroatoms. The van der Waals surface area contributed by atoms with E-state index in [1.165, 1.54) is 12.8 Å². The maximum Gasteiger partial charge on any atom is 0.235 e. The van der Waals surface area contributed by atoms with E-state index in [-0.39, 0.29) is 0 Å². The van der Waals surface area contributed by atoms with Crippen molar-refractivity contribution in [2.24, 2.45) is 0 Å². The fourth-order valence-corrected chi connectivity index (χ4v) is 1.78. The summed E-state index contributed by atoms with van der Waals surface area (Å²) >= 11 is 0. The molecule has 0 heterocycles. The Bertz CT molecular complexity index is 309. The van der Waals surface area contributed by atoms with E-state index in [1.807, 2.05) is 0 Å². The minimum absolute atomic E-state index is 0.413. The molecule has 1 aliphatic carbocycles. The molecule has 0 spiro atoms. The van der Waals surface area contributed by atoms with Crippen molar-refractivity contribution in [3.63, 3.8) is 0 Å². The molecule has 0 atom stereocenters. The van der Waals surface area contributed by atoms with Crippen molar-refractivity contribution >= 4 is 15.7 Å². The predicted molar refractivity (Wildman–Crippen MR) is 58.4 cm³/mol. The van der Waals surface area contributed by atoms with Gasteiger partial charge in [0.2, 0.25) is 5.91 Å². The van der Waals surface area contributed by atoms with Crippen LogP contribution in [0.1, 0.15) is 19.3 Å². The van der Waals surface area contributed by atoms with Crippen LogP contribution in [0.5, 0.6) is 0 Å². The van der Waals surface area contributed by atoms with Gasteiger partial charge in [-0.15, -0.1) is 0 Å². The van der Waals surface area contributed by atoms with Crippen molar-refractivity contribution < 1.29 is 13.2 Å². The fraction of sp³-hybridized carbons (Fsp3) is 0.889. The Kier molecular flexibility index (Phi) is 4.53. The zero-order chi connectivity index (χ0) is 11.3. The molecule has 5 nitrogen and oxygen atoms in total. The van der Waals surface area contributed by atoms with E-state index in [9.17, 15) is 13.2 Å². The second-order valence-electron chi connectivity index (χ2n) is 4.00. The Labute approximate surface area is 90.5 Å². The normalized spacial score (nSPS) is 16.3. The van der Waals surface area contributed by atoms with Crippen molar-refractivity contribution in [2.45, 2.75) is 25.3 Å². The summed E-state index contributed by atoms with van der Waals surface area (Å²) in [7, 11) is -3.20. The van der Waals surface area contributed by atoms with Crippen molar-refractivity contribution in [1.82, 2.24) is 10.6 Å². The first kappa shape index (κ1) is 12.4. The molecule has 0 bridgehead atoms. The molecule has 0 radical (unpaired) electrons. The van der Waals surface area contributed by atoms with Gasteiger partial charge in [-0.3, -0.25) is 4.79 Å². The lowest BCUT2D eigenvalue weighted by Crippen LogP contribution is -2.32. The first-order chi connectivity index (χ1) is 6.97. The van der Waals surface area contributed by atoms with Crippen LogP contribution in [0.3, 0.4) is 0 Å². The molecule has 1 fully saturated rings. The average molecular weight is 234 g/mol. The summed E-state index contributed by atoms with van der Waals surface area (Å²) in [6, 6.07) is 0.678. The molecule has 2 N–H and O–H groups in total. The number of hydrogen-bond acceptors (Lipinski definition) is 4. The summed E-state index contributed by atoms with van der Waals surface area (Å²) in [5.41, 5.74) is 0. The summed E-state index contributed by atoms with van der Waals surface area (Å²) in [4.78, 5) is 11.1. The van der Waals surface area contributed by atoms with Crippen LogP contribution in [-0.4, -0.2) is 45.5 Å². The molecule has 1 rings (SSSR count). The van der Waals surface area contributed by atoms with Crippen LogP contribution in [-0.2, 0) is 14.6 Å². The van der Waals surface area contributed by atoms with Gasteiger partial charge in [-0.1, -0.05) is 0 Å². The number of carbonyl (C=O) groups is 1. The lowest BCUT2D eigenvalue weighted by molar-refractivity contribution is -0.118. The van der Waals surface area contributed by atoms with E-state index in [1.54, 1.807) is 0 Å². The van der Waals surface area contributed by atoms with Crippen molar-refractivity contribution in [3.8, 4) is 0 Å². The molecule has 1 aliphatic rings. The minimum Gasteiger partial charge on any atom is -0.355 e.